The molecule has 0 spiro atoms. The molecule has 3 rings (SSSR count). The molecule has 0 amide bonds. The molecular formula is C11H7N3OS2. The molecule has 3 aromatic heterocycles. The van der Waals surface area contributed by atoms with E-state index in [0.717, 1.165) is 9.88 Å². The van der Waals surface area contributed by atoms with E-state index in [9.17, 15) is 5.11 Å². The minimum atomic E-state index is -0.0337. The molecule has 0 aliphatic heterocycles. The Balaban J connectivity index is 2.13. The molecule has 0 saturated heterocycles. The molecule has 0 radical (unpaired) electrons. The molecule has 3 heterocycles. The molecule has 1 N–H and O–H groups in total. The van der Waals surface area contributed by atoms with E-state index in [4.69, 9.17) is 0 Å². The van der Waals surface area contributed by atoms with Crippen LogP contribution in [-0.2, 0) is 0 Å². The number of hydrogen-bond acceptors (Lipinski definition) is 6. The van der Waals surface area contributed by atoms with Crippen molar-refractivity contribution in [3.8, 4) is 27.3 Å². The van der Waals surface area contributed by atoms with Crippen molar-refractivity contribution in [2.24, 2.45) is 0 Å². The highest BCUT2D eigenvalue weighted by Crippen LogP contribution is 2.27. The van der Waals surface area contributed by atoms with Crippen molar-refractivity contribution < 1.29 is 5.11 Å². The van der Waals surface area contributed by atoms with Gasteiger partial charge >= 0.3 is 0 Å². The molecule has 4 nitrogen and oxygen atoms in total. The average molecular weight is 261 g/mol. The van der Waals surface area contributed by atoms with Crippen LogP contribution in [0.25, 0.3) is 21.4 Å². The second kappa shape index (κ2) is 4.23. The Kier molecular flexibility index (Phi) is 2.58. The zero-order chi connectivity index (χ0) is 11.7. The highest BCUT2D eigenvalue weighted by Gasteiger charge is 2.10. The van der Waals surface area contributed by atoms with Gasteiger partial charge in [0.2, 0.25) is 5.88 Å². The molecule has 6 heteroatoms. The third-order valence-corrected chi connectivity index (χ3v) is 3.77. The topological polar surface area (TPSA) is 58.9 Å². The van der Waals surface area contributed by atoms with E-state index >= 15 is 0 Å². The van der Waals surface area contributed by atoms with Crippen LogP contribution in [0.4, 0.5) is 0 Å². The van der Waals surface area contributed by atoms with Crippen molar-refractivity contribution in [1.82, 2.24) is 15.0 Å². The monoisotopic (exact) mass is 261 g/mol. The number of aromatic hydroxyl groups is 1. The van der Waals surface area contributed by atoms with Crippen LogP contribution in [0.3, 0.4) is 0 Å². The molecule has 0 saturated carbocycles. The maximum Gasteiger partial charge on any atom is 0.215 e. The van der Waals surface area contributed by atoms with Crippen LogP contribution in [-0.4, -0.2) is 20.1 Å². The Morgan fingerprint density at radius 1 is 1.12 bits per heavy atom. The van der Waals surface area contributed by atoms with E-state index in [2.05, 4.69) is 15.0 Å². The quantitative estimate of drug-likeness (QED) is 0.770. The molecule has 0 aromatic carbocycles. The van der Waals surface area contributed by atoms with Crippen molar-refractivity contribution in [3.05, 3.63) is 35.2 Å². The van der Waals surface area contributed by atoms with Crippen molar-refractivity contribution in [2.75, 3.05) is 0 Å². The summed E-state index contributed by atoms with van der Waals surface area (Å²) >= 11 is 3.02. The lowest BCUT2D eigenvalue weighted by atomic mass is 10.3. The number of nitrogens with zero attached hydrogens (tertiary/aromatic N) is 3. The molecule has 0 atom stereocenters. The van der Waals surface area contributed by atoms with Crippen LogP contribution in [0.15, 0.2) is 35.2 Å². The van der Waals surface area contributed by atoms with Crippen LogP contribution in [0.1, 0.15) is 0 Å². The number of thiazole rings is 1. The lowest BCUT2D eigenvalue weighted by Crippen LogP contribution is -1.90. The number of hydrogen-bond donors (Lipinski definition) is 1. The second-order valence-electron chi connectivity index (χ2n) is 3.25. The fourth-order valence-corrected chi connectivity index (χ4v) is 2.67. The van der Waals surface area contributed by atoms with E-state index in [1.54, 1.807) is 6.20 Å². The largest absolute Gasteiger partial charge is 0.493 e. The van der Waals surface area contributed by atoms with Crippen LogP contribution >= 0.6 is 22.7 Å². The smallest absolute Gasteiger partial charge is 0.215 e. The summed E-state index contributed by atoms with van der Waals surface area (Å²) in [6, 6.07) is 5.37. The van der Waals surface area contributed by atoms with Crippen molar-refractivity contribution in [1.29, 1.82) is 0 Å². The molecule has 17 heavy (non-hydrogen) atoms. The van der Waals surface area contributed by atoms with E-state index in [1.807, 2.05) is 22.9 Å². The van der Waals surface area contributed by atoms with Gasteiger partial charge in [0.25, 0.3) is 0 Å². The maximum atomic E-state index is 9.62. The first kappa shape index (κ1) is 10.4. The van der Waals surface area contributed by atoms with Crippen LogP contribution < -0.4 is 0 Å². The maximum absolute atomic E-state index is 9.62. The highest BCUT2D eigenvalue weighted by atomic mass is 32.1. The standard InChI is InChI=1S/C11H7N3OS2/c15-9-6-7(11-12-3-5-17-11)13-10(14-9)8-2-1-4-16-8/h1-6H,(H,13,14,15). The summed E-state index contributed by atoms with van der Waals surface area (Å²) in [5.74, 6) is 0.499. The predicted octanol–water partition coefficient (Wildman–Crippen LogP) is 3.03. The summed E-state index contributed by atoms with van der Waals surface area (Å²) in [4.78, 5) is 13.5. The minimum Gasteiger partial charge on any atom is -0.493 e. The van der Waals surface area contributed by atoms with E-state index in [-0.39, 0.29) is 5.88 Å². The first-order valence-corrected chi connectivity index (χ1v) is 6.60. The van der Waals surface area contributed by atoms with Gasteiger partial charge in [-0.25, -0.2) is 9.97 Å². The number of rotatable bonds is 2. The predicted molar refractivity (Wildman–Crippen MR) is 68.1 cm³/mol. The molecular weight excluding hydrogens is 254 g/mol. The molecule has 0 fully saturated rings. The third-order valence-electron chi connectivity index (χ3n) is 2.11. The zero-order valence-electron chi connectivity index (χ0n) is 8.57. The Bertz CT molecular complexity index is 568. The van der Waals surface area contributed by atoms with Gasteiger partial charge in [0.1, 0.15) is 10.7 Å². The lowest BCUT2D eigenvalue weighted by molar-refractivity contribution is 0.453. The van der Waals surface area contributed by atoms with Gasteiger partial charge < -0.3 is 5.11 Å². The second-order valence-corrected chi connectivity index (χ2v) is 5.09. The summed E-state index contributed by atoms with van der Waals surface area (Å²) in [5, 5.41) is 14.2. The SMILES string of the molecule is Oc1cc(-c2nccs2)nc(-c2cccs2)n1. The fourth-order valence-electron chi connectivity index (χ4n) is 1.41. The zero-order valence-corrected chi connectivity index (χ0v) is 10.2. The lowest BCUT2D eigenvalue weighted by Gasteiger charge is -2.01. The number of aromatic nitrogens is 3. The molecule has 0 bridgehead atoms. The van der Waals surface area contributed by atoms with Crippen molar-refractivity contribution in [2.45, 2.75) is 0 Å². The first-order valence-electron chi connectivity index (χ1n) is 4.85. The highest BCUT2D eigenvalue weighted by molar-refractivity contribution is 7.13. The van der Waals surface area contributed by atoms with Gasteiger partial charge in [-0.2, -0.15) is 4.98 Å². The summed E-state index contributed by atoms with van der Waals surface area (Å²) in [6.45, 7) is 0. The van der Waals surface area contributed by atoms with E-state index < -0.39 is 0 Å². The van der Waals surface area contributed by atoms with Crippen LogP contribution in [0.5, 0.6) is 5.88 Å². The molecule has 84 valence electrons. The molecule has 0 unspecified atom stereocenters. The Morgan fingerprint density at radius 3 is 2.76 bits per heavy atom. The fraction of sp³-hybridized carbons (Fsp3) is 0. The van der Waals surface area contributed by atoms with Crippen molar-refractivity contribution >= 4 is 22.7 Å². The van der Waals surface area contributed by atoms with E-state index in [0.29, 0.717) is 11.5 Å². The van der Waals surface area contributed by atoms with Crippen LogP contribution in [0.2, 0.25) is 0 Å². The summed E-state index contributed by atoms with van der Waals surface area (Å²) < 4.78 is 0. The van der Waals surface area contributed by atoms with E-state index in [1.165, 1.54) is 28.7 Å². The average Bonchev–Trinajstić information content (AvgIpc) is 3.02. The van der Waals surface area contributed by atoms with Gasteiger partial charge in [0.05, 0.1) is 4.88 Å². The van der Waals surface area contributed by atoms with Crippen molar-refractivity contribution in [3.63, 3.8) is 0 Å². The van der Waals surface area contributed by atoms with Gasteiger partial charge in [0, 0.05) is 17.6 Å². The Morgan fingerprint density at radius 2 is 2.06 bits per heavy atom. The summed E-state index contributed by atoms with van der Waals surface area (Å²) in [7, 11) is 0. The third kappa shape index (κ3) is 2.04. The molecule has 0 aliphatic carbocycles. The van der Waals surface area contributed by atoms with Crippen LogP contribution in [0, 0.1) is 0 Å². The van der Waals surface area contributed by atoms with Gasteiger partial charge in [0.15, 0.2) is 5.82 Å². The normalized spacial score (nSPS) is 10.6. The Labute approximate surface area is 105 Å². The van der Waals surface area contributed by atoms with Gasteiger partial charge in [-0.15, -0.1) is 22.7 Å². The Hall–Kier alpha value is -1.79. The van der Waals surface area contributed by atoms with Gasteiger partial charge in [-0.1, -0.05) is 6.07 Å². The summed E-state index contributed by atoms with van der Waals surface area (Å²) in [5.41, 5.74) is 0.649. The molecule has 0 aliphatic rings. The number of thiophene rings is 1. The minimum absolute atomic E-state index is 0.0337. The van der Waals surface area contributed by atoms with Gasteiger partial charge in [-0.3, -0.25) is 0 Å². The molecule has 3 aromatic rings. The summed E-state index contributed by atoms with van der Waals surface area (Å²) in [6.07, 6.45) is 1.71. The van der Waals surface area contributed by atoms with Gasteiger partial charge in [-0.05, 0) is 11.4 Å². The first-order chi connectivity index (χ1) is 8.33.